The summed E-state index contributed by atoms with van der Waals surface area (Å²) in [4.78, 5) is 30.9. The summed E-state index contributed by atoms with van der Waals surface area (Å²) < 4.78 is 38.4. The molecule has 2 heterocycles. The fourth-order valence-electron chi connectivity index (χ4n) is 3.13. The van der Waals surface area contributed by atoms with Crippen LogP contribution in [0, 0.1) is 0 Å². The molecule has 29 heavy (non-hydrogen) atoms. The van der Waals surface area contributed by atoms with Crippen molar-refractivity contribution < 1.29 is 18.0 Å². The lowest BCUT2D eigenvalue weighted by atomic mass is 10.1. The van der Waals surface area contributed by atoms with Gasteiger partial charge in [0.15, 0.2) is 0 Å². The number of H-pyrrole nitrogens is 1. The molecule has 0 radical (unpaired) electrons. The van der Waals surface area contributed by atoms with Gasteiger partial charge in [-0.15, -0.1) is 10.2 Å². The number of nitrogens with one attached hydrogen (secondary N) is 1. The first-order chi connectivity index (χ1) is 13.7. The monoisotopic (exact) mass is 409 g/mol. The van der Waals surface area contributed by atoms with E-state index < -0.39 is 17.3 Å². The van der Waals surface area contributed by atoms with Crippen LogP contribution in [-0.4, -0.2) is 64.1 Å². The summed E-state index contributed by atoms with van der Waals surface area (Å²) in [7, 11) is 2.00. The van der Waals surface area contributed by atoms with E-state index in [4.69, 9.17) is 0 Å². The standard InChI is InChI=1S/C19H22F3N5O2/c1-26-7-9-27(10-8-26)17(28)6-5-15-18(29)23-16(25-24-15)12-13-3-2-4-14(11-13)19(20,21)22/h2-4,11H,5-10,12H2,1H3,(H,23,25,29). The number of halogens is 3. The number of likely N-dealkylation sites (N-methyl/N-ethyl adjacent to an activating group) is 1. The normalized spacial score (nSPS) is 15.5. The van der Waals surface area contributed by atoms with Crippen LogP contribution in [-0.2, 0) is 23.8 Å². The number of benzene rings is 1. The molecule has 0 bridgehead atoms. The first-order valence-corrected chi connectivity index (χ1v) is 9.29. The van der Waals surface area contributed by atoms with Gasteiger partial charge in [0.05, 0.1) is 5.56 Å². The van der Waals surface area contributed by atoms with Gasteiger partial charge in [-0.25, -0.2) is 0 Å². The van der Waals surface area contributed by atoms with E-state index in [9.17, 15) is 22.8 Å². The molecule has 0 unspecified atom stereocenters. The minimum Gasteiger partial charge on any atom is -0.340 e. The summed E-state index contributed by atoms with van der Waals surface area (Å²) in [5.74, 6) is 0.135. The van der Waals surface area contributed by atoms with E-state index in [1.165, 1.54) is 12.1 Å². The Morgan fingerprint density at radius 3 is 2.55 bits per heavy atom. The van der Waals surface area contributed by atoms with Gasteiger partial charge in [-0.1, -0.05) is 18.2 Å². The Hall–Kier alpha value is -2.75. The van der Waals surface area contributed by atoms with Crippen LogP contribution in [0.25, 0.3) is 0 Å². The second kappa shape index (κ2) is 8.73. The van der Waals surface area contributed by atoms with Gasteiger partial charge in [0, 0.05) is 45.4 Å². The second-order valence-electron chi connectivity index (χ2n) is 7.11. The number of aromatic amines is 1. The van der Waals surface area contributed by atoms with Crippen LogP contribution in [0.3, 0.4) is 0 Å². The van der Waals surface area contributed by atoms with Gasteiger partial charge >= 0.3 is 6.18 Å². The predicted octanol–water partition coefficient (Wildman–Crippen LogP) is 1.48. The van der Waals surface area contributed by atoms with E-state index in [1.807, 2.05) is 7.05 Å². The summed E-state index contributed by atoms with van der Waals surface area (Å²) >= 11 is 0. The summed E-state index contributed by atoms with van der Waals surface area (Å²) in [6.07, 6.45) is -4.09. The minimum atomic E-state index is -4.44. The lowest BCUT2D eigenvalue weighted by molar-refractivity contribution is -0.137. The summed E-state index contributed by atoms with van der Waals surface area (Å²) in [5, 5.41) is 7.79. The lowest BCUT2D eigenvalue weighted by Gasteiger charge is -2.32. The highest BCUT2D eigenvalue weighted by atomic mass is 19.4. The van der Waals surface area contributed by atoms with Crippen molar-refractivity contribution in [2.75, 3.05) is 33.2 Å². The predicted molar refractivity (Wildman–Crippen MR) is 99.3 cm³/mol. The molecule has 0 atom stereocenters. The Kier molecular flexibility index (Phi) is 6.31. The highest BCUT2D eigenvalue weighted by molar-refractivity contribution is 5.76. The number of hydrogen-bond donors (Lipinski definition) is 1. The van der Waals surface area contributed by atoms with Crippen molar-refractivity contribution in [3.63, 3.8) is 0 Å². The van der Waals surface area contributed by atoms with Crippen molar-refractivity contribution in [3.05, 3.63) is 57.3 Å². The number of carbonyl (C=O) groups is 1. The average Bonchev–Trinajstić information content (AvgIpc) is 2.67. The molecule has 2 aromatic rings. The number of nitrogens with zero attached hydrogens (tertiary/aromatic N) is 4. The molecule has 1 saturated heterocycles. The zero-order valence-electron chi connectivity index (χ0n) is 16.0. The van der Waals surface area contributed by atoms with Crippen molar-refractivity contribution in [2.24, 2.45) is 0 Å². The lowest BCUT2D eigenvalue weighted by Crippen LogP contribution is -2.47. The molecule has 1 N–H and O–H groups in total. The fraction of sp³-hybridized carbons (Fsp3) is 0.474. The maximum atomic E-state index is 12.8. The average molecular weight is 409 g/mol. The van der Waals surface area contributed by atoms with Gasteiger partial charge in [-0.3, -0.25) is 9.59 Å². The van der Waals surface area contributed by atoms with Gasteiger partial charge in [0.25, 0.3) is 5.56 Å². The zero-order chi connectivity index (χ0) is 21.0. The summed E-state index contributed by atoms with van der Waals surface area (Å²) in [6.45, 7) is 2.95. The molecule has 0 spiro atoms. The van der Waals surface area contributed by atoms with E-state index in [-0.39, 0.29) is 36.7 Å². The topological polar surface area (TPSA) is 82.2 Å². The number of aromatic nitrogens is 3. The maximum absolute atomic E-state index is 12.8. The van der Waals surface area contributed by atoms with Crippen LogP contribution in [0.5, 0.6) is 0 Å². The van der Waals surface area contributed by atoms with E-state index >= 15 is 0 Å². The van der Waals surface area contributed by atoms with Gasteiger partial charge in [0.2, 0.25) is 5.91 Å². The van der Waals surface area contributed by atoms with E-state index in [2.05, 4.69) is 20.1 Å². The smallest absolute Gasteiger partial charge is 0.340 e. The first kappa shape index (κ1) is 21.0. The number of hydrogen-bond acceptors (Lipinski definition) is 5. The summed E-state index contributed by atoms with van der Waals surface area (Å²) in [6, 6.07) is 4.83. The molecule has 1 aliphatic rings. The second-order valence-corrected chi connectivity index (χ2v) is 7.11. The largest absolute Gasteiger partial charge is 0.416 e. The number of carbonyl (C=O) groups excluding carboxylic acids is 1. The van der Waals surface area contributed by atoms with Crippen molar-refractivity contribution in [2.45, 2.75) is 25.4 Å². The van der Waals surface area contributed by atoms with Gasteiger partial charge in [0.1, 0.15) is 11.5 Å². The quantitative estimate of drug-likeness (QED) is 0.809. The first-order valence-electron chi connectivity index (χ1n) is 9.29. The van der Waals surface area contributed by atoms with Crippen LogP contribution >= 0.6 is 0 Å². The Labute approximate surface area is 165 Å². The number of piperazine rings is 1. The van der Waals surface area contributed by atoms with Crippen molar-refractivity contribution >= 4 is 5.91 Å². The highest BCUT2D eigenvalue weighted by Crippen LogP contribution is 2.29. The maximum Gasteiger partial charge on any atom is 0.416 e. The Bertz CT molecular complexity index is 921. The van der Waals surface area contributed by atoms with Crippen LogP contribution in [0.4, 0.5) is 13.2 Å². The van der Waals surface area contributed by atoms with Crippen molar-refractivity contribution in [1.29, 1.82) is 0 Å². The molecule has 10 heteroatoms. The molecule has 0 saturated carbocycles. The molecular weight excluding hydrogens is 387 g/mol. The fourth-order valence-corrected chi connectivity index (χ4v) is 3.13. The number of amides is 1. The highest BCUT2D eigenvalue weighted by Gasteiger charge is 2.30. The third-order valence-electron chi connectivity index (χ3n) is 4.87. The third-order valence-corrected chi connectivity index (χ3v) is 4.87. The number of rotatable bonds is 5. The van der Waals surface area contributed by atoms with Crippen LogP contribution in [0.1, 0.15) is 29.1 Å². The van der Waals surface area contributed by atoms with E-state index in [1.54, 1.807) is 4.90 Å². The molecule has 1 amide bonds. The van der Waals surface area contributed by atoms with E-state index in [0.717, 1.165) is 25.2 Å². The van der Waals surface area contributed by atoms with Crippen molar-refractivity contribution in [3.8, 4) is 0 Å². The Balaban J connectivity index is 1.60. The minimum absolute atomic E-state index is 0.0205. The molecule has 1 aromatic heterocycles. The molecule has 7 nitrogen and oxygen atoms in total. The molecule has 3 rings (SSSR count). The SMILES string of the molecule is CN1CCN(C(=O)CCc2nnc(Cc3cccc(C(F)(F)F)c3)[nH]c2=O)CC1. The number of alkyl halides is 3. The van der Waals surface area contributed by atoms with Gasteiger partial charge in [-0.2, -0.15) is 13.2 Å². The number of aryl methyl sites for hydroxylation is 1. The van der Waals surface area contributed by atoms with Gasteiger partial charge < -0.3 is 14.8 Å². The summed E-state index contributed by atoms with van der Waals surface area (Å²) in [5.41, 5.74) is -0.736. The molecular formula is C19H22F3N5O2. The Morgan fingerprint density at radius 1 is 1.17 bits per heavy atom. The van der Waals surface area contributed by atoms with Crippen LogP contribution in [0.2, 0.25) is 0 Å². The van der Waals surface area contributed by atoms with E-state index in [0.29, 0.717) is 18.7 Å². The van der Waals surface area contributed by atoms with Gasteiger partial charge in [-0.05, 0) is 18.7 Å². The molecule has 156 valence electrons. The Morgan fingerprint density at radius 2 is 1.90 bits per heavy atom. The third kappa shape index (κ3) is 5.63. The van der Waals surface area contributed by atoms with Crippen LogP contribution < -0.4 is 5.56 Å². The molecule has 1 aliphatic heterocycles. The van der Waals surface area contributed by atoms with Crippen LogP contribution in [0.15, 0.2) is 29.1 Å². The molecule has 0 aliphatic carbocycles. The van der Waals surface area contributed by atoms with Crippen molar-refractivity contribution in [1.82, 2.24) is 25.0 Å². The molecule has 1 aromatic carbocycles. The molecule has 1 fully saturated rings. The zero-order valence-corrected chi connectivity index (χ0v) is 16.0.